The van der Waals surface area contributed by atoms with Crippen LogP contribution in [0, 0.1) is 0 Å². The topological polar surface area (TPSA) is 12.4 Å². The maximum absolute atomic E-state index is 13.4. The first kappa shape index (κ1) is 8.17. The van der Waals surface area contributed by atoms with Gasteiger partial charge in [0.15, 0.2) is 0 Å². The molecule has 0 aromatic carbocycles. The largest absolute Gasteiger partial charge is 0.263 e. The molecule has 1 aliphatic carbocycles. The molecule has 0 atom stereocenters. The molecule has 13 heavy (non-hydrogen) atoms. The van der Waals surface area contributed by atoms with E-state index < -0.39 is 0 Å². The van der Waals surface area contributed by atoms with Gasteiger partial charge in [0, 0.05) is 18.0 Å². The van der Waals surface area contributed by atoms with E-state index >= 15 is 0 Å². The maximum Gasteiger partial charge on any atom is 0.127 e. The van der Waals surface area contributed by atoms with Crippen molar-refractivity contribution < 1.29 is 4.39 Å². The van der Waals surface area contributed by atoms with Crippen LogP contribution >= 0.6 is 0 Å². The number of allylic oxidation sites excluding steroid dienone is 7. The fraction of sp³-hybridized carbons (Fsp3) is 0.182. The van der Waals surface area contributed by atoms with E-state index in [1.54, 1.807) is 18.5 Å². The van der Waals surface area contributed by atoms with Crippen molar-refractivity contribution in [3.05, 3.63) is 47.5 Å². The van der Waals surface area contributed by atoms with Crippen LogP contribution in [-0.2, 0) is 0 Å². The molecule has 0 bridgehead atoms. The highest BCUT2D eigenvalue weighted by Gasteiger charge is 2.11. The van der Waals surface area contributed by atoms with Crippen LogP contribution in [0.15, 0.2) is 52.5 Å². The number of rotatable bonds is 1. The SMILES string of the molecule is FC1=C(C2=CN=C2)CC/C=C/C=C1. The molecule has 0 spiro atoms. The molecule has 0 aromatic rings. The van der Waals surface area contributed by atoms with Crippen LogP contribution in [0.4, 0.5) is 4.39 Å². The van der Waals surface area contributed by atoms with Gasteiger partial charge in [0.1, 0.15) is 5.83 Å². The monoisotopic (exact) mass is 175 g/mol. The van der Waals surface area contributed by atoms with E-state index in [9.17, 15) is 4.39 Å². The fourth-order valence-electron chi connectivity index (χ4n) is 1.35. The zero-order valence-corrected chi connectivity index (χ0v) is 7.20. The summed E-state index contributed by atoms with van der Waals surface area (Å²) >= 11 is 0. The van der Waals surface area contributed by atoms with Gasteiger partial charge in [0.05, 0.1) is 0 Å². The summed E-state index contributed by atoms with van der Waals surface area (Å²) in [4.78, 5) is 3.83. The normalized spacial score (nSPS) is 23.3. The molecule has 1 aliphatic heterocycles. The highest BCUT2D eigenvalue weighted by Crippen LogP contribution is 2.25. The van der Waals surface area contributed by atoms with Gasteiger partial charge in [-0.05, 0) is 24.5 Å². The first-order valence-corrected chi connectivity index (χ1v) is 4.33. The van der Waals surface area contributed by atoms with E-state index in [0.717, 1.165) is 24.0 Å². The molecular weight excluding hydrogens is 165 g/mol. The number of halogens is 1. The van der Waals surface area contributed by atoms with E-state index in [4.69, 9.17) is 0 Å². The Morgan fingerprint density at radius 2 is 2.15 bits per heavy atom. The predicted molar refractivity (Wildman–Crippen MR) is 52.2 cm³/mol. The first-order chi connectivity index (χ1) is 6.38. The van der Waals surface area contributed by atoms with E-state index in [-0.39, 0.29) is 5.83 Å². The van der Waals surface area contributed by atoms with Crippen LogP contribution in [0.3, 0.4) is 0 Å². The molecule has 0 aromatic heterocycles. The smallest absolute Gasteiger partial charge is 0.127 e. The highest BCUT2D eigenvalue weighted by molar-refractivity contribution is 5.90. The summed E-state index contributed by atoms with van der Waals surface area (Å²) in [5.41, 5.74) is 1.70. The van der Waals surface area contributed by atoms with Crippen molar-refractivity contribution in [1.29, 1.82) is 0 Å². The Morgan fingerprint density at radius 1 is 1.31 bits per heavy atom. The van der Waals surface area contributed by atoms with Gasteiger partial charge in [0.2, 0.25) is 0 Å². The van der Waals surface area contributed by atoms with Crippen molar-refractivity contribution in [1.82, 2.24) is 0 Å². The van der Waals surface area contributed by atoms with E-state index in [2.05, 4.69) is 4.99 Å². The fourth-order valence-corrected chi connectivity index (χ4v) is 1.35. The molecule has 2 heteroatoms. The lowest BCUT2D eigenvalue weighted by Crippen LogP contribution is -1.99. The van der Waals surface area contributed by atoms with Gasteiger partial charge in [-0.1, -0.05) is 18.2 Å². The number of nitrogens with zero attached hydrogens (tertiary/aromatic N) is 1. The van der Waals surface area contributed by atoms with Crippen molar-refractivity contribution in [2.45, 2.75) is 12.8 Å². The summed E-state index contributed by atoms with van der Waals surface area (Å²) in [5, 5.41) is 0. The van der Waals surface area contributed by atoms with Crippen LogP contribution < -0.4 is 0 Å². The van der Waals surface area contributed by atoms with Crippen molar-refractivity contribution in [3.8, 4) is 0 Å². The Labute approximate surface area is 76.7 Å². The van der Waals surface area contributed by atoms with Crippen molar-refractivity contribution in [2.24, 2.45) is 4.99 Å². The molecule has 0 radical (unpaired) electrons. The Hall–Kier alpha value is -1.44. The number of hydrogen-bond donors (Lipinski definition) is 0. The van der Waals surface area contributed by atoms with Gasteiger partial charge in [0.25, 0.3) is 0 Å². The molecule has 0 fully saturated rings. The summed E-state index contributed by atoms with van der Waals surface area (Å²) in [7, 11) is 0. The third kappa shape index (κ3) is 1.66. The lowest BCUT2D eigenvalue weighted by atomic mass is 9.98. The second-order valence-electron chi connectivity index (χ2n) is 3.02. The second-order valence-corrected chi connectivity index (χ2v) is 3.02. The molecule has 0 unspecified atom stereocenters. The molecule has 0 saturated carbocycles. The third-order valence-corrected chi connectivity index (χ3v) is 2.11. The third-order valence-electron chi connectivity index (χ3n) is 2.11. The summed E-state index contributed by atoms with van der Waals surface area (Å²) in [5.74, 6) is -0.137. The van der Waals surface area contributed by atoms with Crippen LogP contribution in [0.2, 0.25) is 0 Å². The molecule has 1 heterocycles. The number of hydrogen-bond acceptors (Lipinski definition) is 1. The van der Waals surface area contributed by atoms with Crippen molar-refractivity contribution >= 4 is 6.21 Å². The Balaban J connectivity index is 2.27. The van der Waals surface area contributed by atoms with Gasteiger partial charge in [-0.25, -0.2) is 4.39 Å². The van der Waals surface area contributed by atoms with Crippen LogP contribution in [0.1, 0.15) is 12.8 Å². The lowest BCUT2D eigenvalue weighted by Gasteiger charge is -2.11. The lowest BCUT2D eigenvalue weighted by molar-refractivity contribution is 0.648. The Morgan fingerprint density at radius 3 is 2.85 bits per heavy atom. The summed E-state index contributed by atoms with van der Waals surface area (Å²) in [6, 6.07) is 0. The molecule has 0 amide bonds. The number of aliphatic imine (C=N–C) groups is 1. The minimum absolute atomic E-state index is 0.137. The minimum Gasteiger partial charge on any atom is -0.263 e. The van der Waals surface area contributed by atoms with Gasteiger partial charge < -0.3 is 0 Å². The van der Waals surface area contributed by atoms with Gasteiger partial charge in [-0.3, -0.25) is 4.99 Å². The quantitative estimate of drug-likeness (QED) is 0.580. The molecular formula is C11H10FN. The predicted octanol–water partition coefficient (Wildman–Crippen LogP) is 3.08. The molecule has 66 valence electrons. The van der Waals surface area contributed by atoms with Crippen LogP contribution in [0.25, 0.3) is 0 Å². The molecule has 2 aliphatic rings. The molecule has 2 rings (SSSR count). The molecule has 1 nitrogen and oxygen atoms in total. The standard InChI is InChI=1S/C11H10FN/c12-11-6-4-2-1-3-5-10(11)9-7-13-8-9/h1-2,4,6-8H,3,5H2/b2-1+,6-4?,11-10?. The highest BCUT2D eigenvalue weighted by atomic mass is 19.1. The van der Waals surface area contributed by atoms with E-state index in [1.165, 1.54) is 6.08 Å². The van der Waals surface area contributed by atoms with Gasteiger partial charge in [-0.15, -0.1) is 0 Å². The average Bonchev–Trinajstić information content (AvgIpc) is 2.01. The second kappa shape index (κ2) is 3.52. The zero-order chi connectivity index (χ0) is 9.10. The average molecular weight is 175 g/mol. The Kier molecular flexibility index (Phi) is 2.21. The van der Waals surface area contributed by atoms with Crippen LogP contribution in [-0.4, -0.2) is 6.21 Å². The van der Waals surface area contributed by atoms with Gasteiger partial charge in [-0.2, -0.15) is 0 Å². The van der Waals surface area contributed by atoms with E-state index in [1.807, 2.05) is 12.2 Å². The van der Waals surface area contributed by atoms with Crippen molar-refractivity contribution in [2.75, 3.05) is 0 Å². The molecule has 0 saturated heterocycles. The molecule has 0 N–H and O–H groups in total. The van der Waals surface area contributed by atoms with E-state index in [0.29, 0.717) is 0 Å². The maximum atomic E-state index is 13.4. The van der Waals surface area contributed by atoms with Crippen LogP contribution in [0.5, 0.6) is 0 Å². The summed E-state index contributed by atoms with van der Waals surface area (Å²) < 4.78 is 13.4. The zero-order valence-electron chi connectivity index (χ0n) is 7.20. The minimum atomic E-state index is -0.137. The first-order valence-electron chi connectivity index (χ1n) is 4.33. The van der Waals surface area contributed by atoms with Crippen molar-refractivity contribution in [3.63, 3.8) is 0 Å². The summed E-state index contributed by atoms with van der Waals surface area (Å²) in [6.07, 6.45) is 12.2. The Bertz CT molecular complexity index is 356. The van der Waals surface area contributed by atoms with Gasteiger partial charge >= 0.3 is 0 Å². The summed E-state index contributed by atoms with van der Waals surface area (Å²) in [6.45, 7) is 0.